The minimum atomic E-state index is 0.00838. The van der Waals surface area contributed by atoms with Crippen molar-refractivity contribution in [3.8, 4) is 11.4 Å². The normalized spacial score (nSPS) is 11.1. The van der Waals surface area contributed by atoms with E-state index in [9.17, 15) is 9.90 Å². The molecule has 29 heavy (non-hydrogen) atoms. The third-order valence-corrected chi connectivity index (χ3v) is 5.55. The number of ketones is 1. The van der Waals surface area contributed by atoms with Crippen molar-refractivity contribution in [2.75, 3.05) is 5.75 Å². The topological polar surface area (TPSA) is 99.0 Å². The van der Waals surface area contributed by atoms with Crippen LogP contribution in [0.2, 0.25) is 0 Å². The van der Waals surface area contributed by atoms with Gasteiger partial charge in [-0.3, -0.25) is 4.79 Å². The summed E-state index contributed by atoms with van der Waals surface area (Å²) in [5.41, 5.74) is 3.30. The van der Waals surface area contributed by atoms with Gasteiger partial charge in [0, 0.05) is 17.0 Å². The standard InChI is InChI=1S/C20H19N5O3S/c1-13-10-18(14(2)24(13)11-17-4-3-9-28-17)19(27)12-29-20-21-22-23-25(20)15-5-7-16(26)8-6-15/h3-10,26H,11-12H2,1-2H3. The van der Waals surface area contributed by atoms with Gasteiger partial charge in [-0.15, -0.1) is 5.10 Å². The molecule has 4 aromatic rings. The monoisotopic (exact) mass is 409 g/mol. The molecular formula is C20H19N5O3S. The number of furan rings is 1. The van der Waals surface area contributed by atoms with Gasteiger partial charge in [-0.25, -0.2) is 0 Å². The van der Waals surface area contributed by atoms with Crippen molar-refractivity contribution in [2.24, 2.45) is 0 Å². The first kappa shape index (κ1) is 19.0. The van der Waals surface area contributed by atoms with Crippen molar-refractivity contribution in [3.63, 3.8) is 0 Å². The number of phenols is 1. The Morgan fingerprint density at radius 2 is 2.00 bits per heavy atom. The van der Waals surface area contributed by atoms with Gasteiger partial charge in [0.25, 0.3) is 0 Å². The fourth-order valence-electron chi connectivity index (χ4n) is 3.12. The zero-order valence-corrected chi connectivity index (χ0v) is 16.8. The molecule has 0 radical (unpaired) electrons. The summed E-state index contributed by atoms with van der Waals surface area (Å²) in [6, 6.07) is 12.2. The predicted octanol–water partition coefficient (Wildman–Crippen LogP) is 3.40. The zero-order valence-electron chi connectivity index (χ0n) is 15.9. The van der Waals surface area contributed by atoms with Crippen molar-refractivity contribution in [1.29, 1.82) is 0 Å². The molecule has 0 spiro atoms. The van der Waals surface area contributed by atoms with E-state index >= 15 is 0 Å². The Kier molecular flexibility index (Phi) is 5.22. The molecule has 0 aliphatic carbocycles. The Hall–Kier alpha value is -3.33. The zero-order chi connectivity index (χ0) is 20.4. The van der Waals surface area contributed by atoms with Gasteiger partial charge in [0.15, 0.2) is 5.78 Å². The third kappa shape index (κ3) is 3.95. The lowest BCUT2D eigenvalue weighted by atomic mass is 10.2. The molecule has 0 saturated heterocycles. The van der Waals surface area contributed by atoms with E-state index in [1.54, 1.807) is 30.5 Å². The summed E-state index contributed by atoms with van der Waals surface area (Å²) < 4.78 is 9.03. The van der Waals surface area contributed by atoms with Gasteiger partial charge in [-0.1, -0.05) is 11.8 Å². The van der Waals surface area contributed by atoms with E-state index < -0.39 is 0 Å². The van der Waals surface area contributed by atoms with E-state index in [1.807, 2.05) is 32.0 Å². The second-order valence-corrected chi connectivity index (χ2v) is 7.49. The van der Waals surface area contributed by atoms with Crippen LogP contribution in [0.4, 0.5) is 0 Å². The van der Waals surface area contributed by atoms with E-state index in [4.69, 9.17) is 4.42 Å². The Balaban J connectivity index is 1.49. The first-order valence-electron chi connectivity index (χ1n) is 8.96. The van der Waals surface area contributed by atoms with Crippen LogP contribution in [-0.4, -0.2) is 41.4 Å². The second-order valence-electron chi connectivity index (χ2n) is 6.55. The lowest BCUT2D eigenvalue weighted by Gasteiger charge is -2.08. The van der Waals surface area contributed by atoms with E-state index in [-0.39, 0.29) is 17.3 Å². The Labute approximate surface area is 171 Å². The minimum absolute atomic E-state index is 0.00838. The average Bonchev–Trinajstić information content (AvgIpc) is 3.45. The highest BCUT2D eigenvalue weighted by atomic mass is 32.2. The molecule has 0 fully saturated rings. The number of hydrogen-bond donors (Lipinski definition) is 1. The number of thioether (sulfide) groups is 1. The Morgan fingerprint density at radius 1 is 1.21 bits per heavy atom. The lowest BCUT2D eigenvalue weighted by molar-refractivity contribution is 0.102. The van der Waals surface area contributed by atoms with Gasteiger partial charge in [-0.05, 0) is 66.7 Å². The molecule has 0 aliphatic heterocycles. The van der Waals surface area contributed by atoms with E-state index in [0.29, 0.717) is 23.0 Å². The van der Waals surface area contributed by atoms with E-state index in [2.05, 4.69) is 20.1 Å². The summed E-state index contributed by atoms with van der Waals surface area (Å²) in [4.78, 5) is 12.9. The number of aryl methyl sites for hydroxylation is 1. The molecule has 4 rings (SSSR count). The number of carbonyl (C=O) groups excluding carboxylic acids is 1. The summed E-state index contributed by atoms with van der Waals surface area (Å²) in [5.74, 6) is 1.22. The van der Waals surface area contributed by atoms with Crippen molar-refractivity contribution in [1.82, 2.24) is 24.8 Å². The van der Waals surface area contributed by atoms with Gasteiger partial charge < -0.3 is 14.1 Å². The van der Waals surface area contributed by atoms with Crippen molar-refractivity contribution in [3.05, 3.63) is 71.4 Å². The minimum Gasteiger partial charge on any atom is -0.508 e. The Morgan fingerprint density at radius 3 is 2.72 bits per heavy atom. The smallest absolute Gasteiger partial charge is 0.214 e. The fourth-order valence-corrected chi connectivity index (χ4v) is 3.89. The van der Waals surface area contributed by atoms with E-state index in [1.165, 1.54) is 16.4 Å². The molecule has 0 atom stereocenters. The number of rotatable bonds is 7. The summed E-state index contributed by atoms with van der Waals surface area (Å²) in [5, 5.41) is 21.6. The number of aromatic nitrogens is 5. The molecule has 0 saturated carbocycles. The maximum Gasteiger partial charge on any atom is 0.214 e. The van der Waals surface area contributed by atoms with Crippen LogP contribution in [0, 0.1) is 13.8 Å². The van der Waals surface area contributed by atoms with E-state index in [0.717, 1.165) is 17.1 Å². The van der Waals surface area contributed by atoms with Crippen LogP contribution in [0.15, 0.2) is 58.3 Å². The largest absolute Gasteiger partial charge is 0.508 e. The van der Waals surface area contributed by atoms with Crippen LogP contribution < -0.4 is 0 Å². The van der Waals surface area contributed by atoms with Crippen LogP contribution >= 0.6 is 11.8 Å². The molecule has 3 aromatic heterocycles. The third-order valence-electron chi connectivity index (χ3n) is 4.64. The van der Waals surface area contributed by atoms with Crippen LogP contribution in [0.1, 0.15) is 27.5 Å². The number of carbonyl (C=O) groups is 1. The van der Waals surface area contributed by atoms with Gasteiger partial charge in [0.2, 0.25) is 5.16 Å². The van der Waals surface area contributed by atoms with Crippen molar-refractivity contribution in [2.45, 2.75) is 25.5 Å². The number of tetrazole rings is 1. The molecule has 0 aliphatic rings. The van der Waals surface area contributed by atoms with Crippen molar-refractivity contribution >= 4 is 17.5 Å². The molecule has 148 valence electrons. The quantitative estimate of drug-likeness (QED) is 0.369. The molecule has 1 aromatic carbocycles. The number of phenolic OH excluding ortho intramolecular Hbond substituents is 1. The number of benzene rings is 1. The highest BCUT2D eigenvalue weighted by Crippen LogP contribution is 2.23. The molecule has 3 heterocycles. The first-order valence-corrected chi connectivity index (χ1v) is 9.94. The van der Waals surface area contributed by atoms with Gasteiger partial charge in [0.1, 0.15) is 11.5 Å². The summed E-state index contributed by atoms with van der Waals surface area (Å²) in [6.45, 7) is 4.50. The average molecular weight is 409 g/mol. The van der Waals surface area contributed by atoms with Crippen LogP contribution in [0.5, 0.6) is 5.75 Å². The molecule has 1 N–H and O–H groups in total. The van der Waals surface area contributed by atoms with Crippen LogP contribution in [0.3, 0.4) is 0 Å². The number of hydrogen-bond acceptors (Lipinski definition) is 7. The van der Waals surface area contributed by atoms with Crippen LogP contribution in [-0.2, 0) is 6.54 Å². The van der Waals surface area contributed by atoms with Crippen LogP contribution in [0.25, 0.3) is 5.69 Å². The fraction of sp³-hybridized carbons (Fsp3) is 0.200. The maximum absolute atomic E-state index is 12.9. The van der Waals surface area contributed by atoms with Gasteiger partial charge >= 0.3 is 0 Å². The second kappa shape index (κ2) is 7.96. The number of aromatic hydroxyl groups is 1. The lowest BCUT2D eigenvalue weighted by Crippen LogP contribution is -2.08. The summed E-state index contributed by atoms with van der Waals surface area (Å²) >= 11 is 1.27. The van der Waals surface area contributed by atoms with Crippen molar-refractivity contribution < 1.29 is 14.3 Å². The molecule has 0 amide bonds. The summed E-state index contributed by atoms with van der Waals surface area (Å²) in [6.07, 6.45) is 1.64. The first-order chi connectivity index (χ1) is 14.0. The molecule has 0 bridgehead atoms. The summed E-state index contributed by atoms with van der Waals surface area (Å²) in [7, 11) is 0. The highest BCUT2D eigenvalue weighted by Gasteiger charge is 2.18. The van der Waals surface area contributed by atoms with Gasteiger partial charge in [-0.2, -0.15) is 4.68 Å². The SMILES string of the molecule is Cc1cc(C(=O)CSc2nnnn2-c2ccc(O)cc2)c(C)n1Cc1ccco1. The maximum atomic E-state index is 12.9. The predicted molar refractivity (Wildman–Crippen MR) is 108 cm³/mol. The molecule has 8 nitrogen and oxygen atoms in total. The molecule has 0 unspecified atom stereocenters. The Bertz CT molecular complexity index is 1130. The van der Waals surface area contributed by atoms with Gasteiger partial charge in [0.05, 0.1) is 24.2 Å². The number of nitrogens with zero attached hydrogens (tertiary/aromatic N) is 5. The molecular weight excluding hydrogens is 390 g/mol. The highest BCUT2D eigenvalue weighted by molar-refractivity contribution is 7.99. The number of Topliss-reactive ketones (excluding diaryl/α,β-unsaturated/α-hetero) is 1. The molecule has 9 heteroatoms.